The lowest BCUT2D eigenvalue weighted by atomic mass is 10.0. The monoisotopic (exact) mass is 847 g/mol. The largest absolute Gasteiger partial charge is 0.314 e. The molecule has 2 amide bonds. The molecule has 0 unspecified atom stereocenters. The van der Waals surface area contributed by atoms with Gasteiger partial charge < -0.3 is 9.80 Å². The number of hydrogen-bond donors (Lipinski definition) is 2. The summed E-state index contributed by atoms with van der Waals surface area (Å²) in [6, 6.07) is 13.1. The van der Waals surface area contributed by atoms with E-state index in [4.69, 9.17) is 0 Å². The number of rotatable bonds is 15. The molecule has 0 saturated carbocycles. The predicted molar refractivity (Wildman–Crippen MR) is 210 cm³/mol. The Bertz CT molecular complexity index is 2620. The molecule has 0 spiro atoms. The summed E-state index contributed by atoms with van der Waals surface area (Å²) in [4.78, 5) is 34.5. The van der Waals surface area contributed by atoms with Gasteiger partial charge in [0.25, 0.3) is 0 Å². The number of thiazole rings is 1. The molecule has 11 nitrogen and oxygen atoms in total. The Morgan fingerprint density at radius 2 is 1.23 bits per heavy atom. The average molecular weight is 848 g/mol. The number of sulfonamides is 2. The maximum atomic E-state index is 14.2. The zero-order valence-electron chi connectivity index (χ0n) is 29.6. The maximum absolute atomic E-state index is 14.2. The summed E-state index contributed by atoms with van der Waals surface area (Å²) < 4.78 is 117. The molecule has 6 rings (SSSR count). The molecule has 4 aromatic carbocycles. The highest BCUT2D eigenvalue weighted by Gasteiger charge is 2.35. The van der Waals surface area contributed by atoms with Gasteiger partial charge in [-0.05, 0) is 108 Å². The number of carbonyl (C=O) groups excluding carboxylic acids is 2. The number of likely N-dealkylation sites (N-methyl/N-ethyl adjacent to an activating group) is 2. The molecule has 0 fully saturated rings. The van der Waals surface area contributed by atoms with Gasteiger partial charge in [-0.15, -0.1) is 22.7 Å². The van der Waals surface area contributed by atoms with Gasteiger partial charge in [0.2, 0.25) is 31.9 Å². The van der Waals surface area contributed by atoms with Crippen molar-refractivity contribution in [2.45, 2.75) is 31.8 Å². The molecule has 19 heteroatoms. The number of fused-ring (bicyclic) bond motifs is 2. The Labute approximate surface area is 327 Å². The van der Waals surface area contributed by atoms with Crippen molar-refractivity contribution >= 4 is 86.2 Å². The Morgan fingerprint density at radius 3 is 1.80 bits per heavy atom. The van der Waals surface area contributed by atoms with Crippen molar-refractivity contribution in [3.8, 4) is 0 Å². The molecule has 6 aromatic rings. The molecule has 56 heavy (non-hydrogen) atoms. The zero-order valence-corrected chi connectivity index (χ0v) is 32.8. The second-order valence-electron chi connectivity index (χ2n) is 12.8. The fraction of sp³-hybridized carbons (Fsp3) is 0.216. The van der Waals surface area contributed by atoms with Crippen LogP contribution in [-0.2, 0) is 42.5 Å². The molecule has 2 aromatic heterocycles. The van der Waals surface area contributed by atoms with Gasteiger partial charge in [-0.3, -0.25) is 9.59 Å². The molecule has 2 N–H and O–H groups in total. The summed E-state index contributed by atoms with van der Waals surface area (Å²) in [5, 5.41) is 0.952. The molecular formula is C37H33F4N5O6S4. The first-order valence-corrected chi connectivity index (χ1v) is 21.8. The molecule has 2 atom stereocenters. The SMILES string of the molecule is CCN(C(=O)[C@H](Cc1cc(F)cc(F)c1)NS(=O)(=O)CS(=O)(=O)N[C@@H](Cc1cc(F)cc(F)c1)C(=O)N(C)c1ccc2scnc2c1)c1ccc2sccc2c1. The van der Waals surface area contributed by atoms with Gasteiger partial charge >= 0.3 is 0 Å². The van der Waals surface area contributed by atoms with Gasteiger partial charge in [0.15, 0.2) is 5.08 Å². The van der Waals surface area contributed by atoms with Gasteiger partial charge in [0, 0.05) is 41.8 Å². The highest BCUT2D eigenvalue weighted by atomic mass is 32.3. The lowest BCUT2D eigenvalue weighted by molar-refractivity contribution is -0.120. The molecular weight excluding hydrogens is 815 g/mol. The van der Waals surface area contributed by atoms with Crippen LogP contribution < -0.4 is 19.2 Å². The Morgan fingerprint density at radius 1 is 0.696 bits per heavy atom. The third-order valence-electron chi connectivity index (χ3n) is 8.64. The number of nitrogens with zero attached hydrogens (tertiary/aromatic N) is 3. The van der Waals surface area contributed by atoms with Gasteiger partial charge in [0.1, 0.15) is 35.4 Å². The number of benzene rings is 4. The molecule has 0 aliphatic carbocycles. The summed E-state index contributed by atoms with van der Waals surface area (Å²) >= 11 is 2.82. The van der Waals surface area contributed by atoms with Crippen LogP contribution in [0.2, 0.25) is 0 Å². The number of amides is 2. The summed E-state index contributed by atoms with van der Waals surface area (Å²) in [5.41, 5.74) is 2.62. The average Bonchev–Trinajstić information content (AvgIpc) is 3.78. The molecule has 294 valence electrons. The van der Waals surface area contributed by atoms with Crippen LogP contribution in [-0.4, -0.2) is 64.4 Å². The Hall–Kier alpha value is -4.79. The molecule has 2 heterocycles. The lowest BCUT2D eigenvalue weighted by Crippen LogP contribution is -2.53. The smallest absolute Gasteiger partial charge is 0.245 e. The zero-order chi connectivity index (χ0) is 40.4. The molecule has 0 aliphatic heterocycles. The molecule has 0 radical (unpaired) electrons. The molecule has 0 bridgehead atoms. The van der Waals surface area contributed by atoms with Gasteiger partial charge in [0.05, 0.1) is 15.7 Å². The van der Waals surface area contributed by atoms with Crippen LogP contribution in [0.1, 0.15) is 18.1 Å². The molecule has 0 aliphatic rings. The number of thiophene rings is 1. The summed E-state index contributed by atoms with van der Waals surface area (Å²) in [7, 11) is -8.68. The first-order chi connectivity index (χ1) is 26.5. The van der Waals surface area contributed by atoms with Crippen LogP contribution in [0.3, 0.4) is 0 Å². The van der Waals surface area contributed by atoms with Gasteiger partial charge in [-0.1, -0.05) is 0 Å². The third kappa shape index (κ3) is 9.95. The van der Waals surface area contributed by atoms with E-state index in [0.29, 0.717) is 29.0 Å². The number of anilines is 2. The van der Waals surface area contributed by atoms with E-state index < -0.39 is 85.1 Å². The van der Waals surface area contributed by atoms with Crippen LogP contribution >= 0.6 is 22.7 Å². The molecule has 0 saturated heterocycles. The summed E-state index contributed by atoms with van der Waals surface area (Å²) in [6.07, 6.45) is -1.16. The Kier molecular flexibility index (Phi) is 12.2. The summed E-state index contributed by atoms with van der Waals surface area (Å²) in [5.74, 6) is -5.70. The van der Waals surface area contributed by atoms with Crippen LogP contribution in [0, 0.1) is 23.3 Å². The van der Waals surface area contributed by atoms with E-state index in [-0.39, 0.29) is 17.7 Å². The topological polar surface area (TPSA) is 146 Å². The summed E-state index contributed by atoms with van der Waals surface area (Å²) in [6.45, 7) is 1.67. The predicted octanol–water partition coefficient (Wildman–Crippen LogP) is 6.10. The lowest BCUT2D eigenvalue weighted by Gasteiger charge is -2.28. The van der Waals surface area contributed by atoms with Crippen LogP contribution in [0.25, 0.3) is 20.3 Å². The minimum absolute atomic E-state index is 0.0391. The van der Waals surface area contributed by atoms with Crippen LogP contribution in [0.5, 0.6) is 0 Å². The van der Waals surface area contributed by atoms with Crippen molar-refractivity contribution < 1.29 is 44.0 Å². The van der Waals surface area contributed by atoms with Crippen molar-refractivity contribution in [2.75, 3.05) is 28.5 Å². The van der Waals surface area contributed by atoms with Crippen molar-refractivity contribution in [3.63, 3.8) is 0 Å². The maximum Gasteiger partial charge on any atom is 0.245 e. The van der Waals surface area contributed by atoms with E-state index in [1.807, 2.05) is 11.4 Å². The van der Waals surface area contributed by atoms with Gasteiger partial charge in [-0.2, -0.15) is 0 Å². The van der Waals surface area contributed by atoms with Crippen molar-refractivity contribution in [2.24, 2.45) is 0 Å². The van der Waals surface area contributed by atoms with Crippen LogP contribution in [0.15, 0.2) is 89.8 Å². The minimum atomic E-state index is -5.01. The number of hydrogen-bond acceptors (Lipinski definition) is 9. The van der Waals surface area contributed by atoms with Crippen LogP contribution in [0.4, 0.5) is 28.9 Å². The highest BCUT2D eigenvalue weighted by Crippen LogP contribution is 2.28. The van der Waals surface area contributed by atoms with E-state index in [0.717, 1.165) is 44.0 Å². The van der Waals surface area contributed by atoms with E-state index >= 15 is 0 Å². The highest BCUT2D eigenvalue weighted by molar-refractivity contribution is 8.06. The van der Waals surface area contributed by atoms with E-state index in [2.05, 4.69) is 14.4 Å². The van der Waals surface area contributed by atoms with Gasteiger partial charge in [-0.25, -0.2) is 48.8 Å². The second-order valence-corrected chi connectivity index (χ2v) is 18.5. The number of carbonyl (C=O) groups is 2. The number of aromatic nitrogens is 1. The van der Waals surface area contributed by atoms with Crippen molar-refractivity contribution in [1.82, 2.24) is 14.4 Å². The first-order valence-electron chi connectivity index (χ1n) is 16.8. The fourth-order valence-corrected chi connectivity index (χ4v) is 11.0. The normalized spacial score (nSPS) is 13.2. The van der Waals surface area contributed by atoms with E-state index in [1.54, 1.807) is 48.8 Å². The Balaban J connectivity index is 1.28. The minimum Gasteiger partial charge on any atom is -0.314 e. The number of nitrogens with one attached hydrogen (secondary N) is 2. The quantitative estimate of drug-likeness (QED) is 0.119. The van der Waals surface area contributed by atoms with Crippen molar-refractivity contribution in [3.05, 3.63) is 124 Å². The van der Waals surface area contributed by atoms with E-state index in [9.17, 15) is 44.0 Å². The fourth-order valence-electron chi connectivity index (χ4n) is 6.19. The van der Waals surface area contributed by atoms with E-state index in [1.165, 1.54) is 34.6 Å². The number of halogens is 4. The van der Waals surface area contributed by atoms with Crippen molar-refractivity contribution in [1.29, 1.82) is 0 Å². The third-order valence-corrected chi connectivity index (χ3v) is 14.1. The standard InChI is InChI=1S/C37H33F4N5O6S4/c1-3-46(30-5-6-34-24(16-30)8-9-53-34)37(48)33(15-23-12-27(40)18-28(41)13-23)44-56(51,52)21-55(49,50)43-32(14-22-10-25(38)17-26(39)11-22)36(47)45(2)29-4-7-35-31(19-29)42-20-54-35/h4-13,16-20,32-33,43-44H,3,14-15,21H2,1-2H3/t32-,33-/m0/s1. The first kappa shape index (κ1) is 40.9. The second kappa shape index (κ2) is 16.7.